The topological polar surface area (TPSA) is 78.0 Å². The number of amides is 1. The van der Waals surface area contributed by atoms with Gasteiger partial charge in [-0.1, -0.05) is 24.4 Å². The van der Waals surface area contributed by atoms with Crippen LogP contribution in [0.3, 0.4) is 0 Å². The molecule has 2 fully saturated rings. The monoisotopic (exact) mass is 435 g/mol. The third-order valence-corrected chi connectivity index (χ3v) is 6.16. The van der Waals surface area contributed by atoms with Crippen molar-refractivity contribution in [2.45, 2.75) is 44.6 Å². The Balaban J connectivity index is 1.39. The molecule has 1 saturated carbocycles. The van der Waals surface area contributed by atoms with Gasteiger partial charge in [-0.2, -0.15) is 0 Å². The Labute approximate surface area is 184 Å². The SMILES string of the molecule is CN=C(NCCNC(=O)CC1CCCC1)NC1CCN(c2cc(Cl)ccc2OC)C1. The Kier molecular flexibility index (Phi) is 8.49. The number of rotatable bonds is 8. The maximum atomic E-state index is 12.0. The molecule has 7 nitrogen and oxygen atoms in total. The van der Waals surface area contributed by atoms with Crippen LogP contribution in [-0.2, 0) is 4.79 Å². The van der Waals surface area contributed by atoms with Gasteiger partial charge in [0.15, 0.2) is 5.96 Å². The number of guanidine groups is 1. The second-order valence-corrected chi connectivity index (χ2v) is 8.53. The number of anilines is 1. The van der Waals surface area contributed by atoms with Crippen LogP contribution in [0.4, 0.5) is 5.69 Å². The molecule has 1 saturated heterocycles. The molecule has 8 heteroatoms. The maximum Gasteiger partial charge on any atom is 0.220 e. The quantitative estimate of drug-likeness (QED) is 0.332. The molecule has 0 bridgehead atoms. The van der Waals surface area contributed by atoms with Crippen molar-refractivity contribution in [3.05, 3.63) is 23.2 Å². The Morgan fingerprint density at radius 1 is 1.23 bits per heavy atom. The fourth-order valence-electron chi connectivity index (χ4n) is 4.33. The summed E-state index contributed by atoms with van der Waals surface area (Å²) in [6.45, 7) is 3.01. The van der Waals surface area contributed by atoms with Crippen LogP contribution in [0, 0.1) is 5.92 Å². The smallest absolute Gasteiger partial charge is 0.220 e. The fraction of sp³-hybridized carbons (Fsp3) is 0.636. The van der Waals surface area contributed by atoms with Crippen molar-refractivity contribution in [1.29, 1.82) is 0 Å². The van der Waals surface area contributed by atoms with Crippen LogP contribution >= 0.6 is 11.6 Å². The first kappa shape index (κ1) is 22.5. The summed E-state index contributed by atoms with van der Waals surface area (Å²) >= 11 is 6.18. The molecule has 166 valence electrons. The van der Waals surface area contributed by atoms with E-state index in [1.165, 1.54) is 25.7 Å². The molecule has 1 aliphatic carbocycles. The van der Waals surface area contributed by atoms with E-state index in [9.17, 15) is 4.79 Å². The standard InChI is InChI=1S/C22H34ClN5O2/c1-24-22(26-11-10-25-21(29)13-16-5-3-4-6-16)27-18-9-12-28(15-18)19-14-17(23)7-8-20(19)30-2/h7-8,14,16,18H,3-6,9-13,15H2,1-2H3,(H,25,29)(H2,24,26,27). The molecule has 1 aromatic carbocycles. The normalized spacial score (nSPS) is 19.8. The van der Waals surface area contributed by atoms with E-state index in [0.29, 0.717) is 30.5 Å². The number of carbonyl (C=O) groups excluding carboxylic acids is 1. The lowest BCUT2D eigenvalue weighted by atomic mass is 10.0. The average molecular weight is 436 g/mol. The summed E-state index contributed by atoms with van der Waals surface area (Å²) in [5, 5.41) is 10.5. The van der Waals surface area contributed by atoms with Crippen LogP contribution in [-0.4, -0.2) is 58.2 Å². The highest BCUT2D eigenvalue weighted by atomic mass is 35.5. The number of hydrogen-bond donors (Lipinski definition) is 3. The highest BCUT2D eigenvalue weighted by Crippen LogP contribution is 2.33. The van der Waals surface area contributed by atoms with Crippen LogP contribution in [0.25, 0.3) is 0 Å². The molecule has 1 aliphatic heterocycles. The minimum absolute atomic E-state index is 0.161. The van der Waals surface area contributed by atoms with Crippen LogP contribution in [0.15, 0.2) is 23.2 Å². The second-order valence-electron chi connectivity index (χ2n) is 8.10. The molecule has 1 aromatic rings. The first-order valence-corrected chi connectivity index (χ1v) is 11.3. The number of ether oxygens (including phenoxy) is 1. The molecule has 1 unspecified atom stereocenters. The van der Waals surface area contributed by atoms with Crippen LogP contribution in [0.5, 0.6) is 5.75 Å². The van der Waals surface area contributed by atoms with Gasteiger partial charge in [0.2, 0.25) is 5.91 Å². The predicted octanol–water partition coefficient (Wildman–Crippen LogP) is 2.79. The van der Waals surface area contributed by atoms with Gasteiger partial charge in [-0.05, 0) is 43.4 Å². The molecule has 1 atom stereocenters. The molecule has 0 radical (unpaired) electrons. The van der Waals surface area contributed by atoms with Crippen molar-refractivity contribution in [3.63, 3.8) is 0 Å². The van der Waals surface area contributed by atoms with Crippen molar-refractivity contribution in [2.75, 3.05) is 45.2 Å². The van der Waals surface area contributed by atoms with E-state index >= 15 is 0 Å². The number of nitrogens with zero attached hydrogens (tertiary/aromatic N) is 2. The van der Waals surface area contributed by atoms with Gasteiger partial charge < -0.3 is 25.6 Å². The van der Waals surface area contributed by atoms with Gasteiger partial charge in [-0.15, -0.1) is 0 Å². The van der Waals surface area contributed by atoms with Crippen molar-refractivity contribution < 1.29 is 9.53 Å². The van der Waals surface area contributed by atoms with Crippen LogP contribution < -0.4 is 25.6 Å². The Morgan fingerprint density at radius 2 is 2.00 bits per heavy atom. The molecule has 1 heterocycles. The zero-order valence-electron chi connectivity index (χ0n) is 18.0. The molecule has 2 aliphatic rings. The van der Waals surface area contributed by atoms with E-state index in [-0.39, 0.29) is 11.9 Å². The van der Waals surface area contributed by atoms with Gasteiger partial charge >= 0.3 is 0 Å². The van der Waals surface area contributed by atoms with Crippen LogP contribution in [0.1, 0.15) is 38.5 Å². The molecule has 3 N–H and O–H groups in total. The van der Waals surface area contributed by atoms with Gasteiger partial charge in [0.1, 0.15) is 5.75 Å². The molecule has 0 spiro atoms. The predicted molar refractivity (Wildman–Crippen MR) is 123 cm³/mol. The number of nitrogens with one attached hydrogen (secondary N) is 3. The number of halogens is 1. The highest BCUT2D eigenvalue weighted by molar-refractivity contribution is 6.30. The summed E-state index contributed by atoms with van der Waals surface area (Å²) in [6, 6.07) is 5.97. The van der Waals surface area contributed by atoms with Crippen molar-refractivity contribution in [1.82, 2.24) is 16.0 Å². The summed E-state index contributed by atoms with van der Waals surface area (Å²) in [6.07, 6.45) is 6.59. The van der Waals surface area contributed by atoms with E-state index in [2.05, 4.69) is 25.8 Å². The van der Waals surface area contributed by atoms with E-state index in [4.69, 9.17) is 16.3 Å². The number of benzene rings is 1. The van der Waals surface area contributed by atoms with Crippen molar-refractivity contribution in [3.8, 4) is 5.75 Å². The molecular weight excluding hydrogens is 402 g/mol. The third kappa shape index (κ3) is 6.42. The minimum Gasteiger partial charge on any atom is -0.495 e. The molecule has 30 heavy (non-hydrogen) atoms. The van der Waals surface area contributed by atoms with Crippen molar-refractivity contribution in [2.24, 2.45) is 10.9 Å². The minimum atomic E-state index is 0.161. The van der Waals surface area contributed by atoms with Gasteiger partial charge in [0, 0.05) is 50.7 Å². The molecule has 0 aromatic heterocycles. The number of aliphatic imine (C=N–C) groups is 1. The first-order valence-electron chi connectivity index (χ1n) is 10.9. The van der Waals surface area contributed by atoms with Gasteiger partial charge in [-0.3, -0.25) is 9.79 Å². The van der Waals surface area contributed by atoms with Gasteiger partial charge in [0.25, 0.3) is 0 Å². The summed E-state index contributed by atoms with van der Waals surface area (Å²) in [4.78, 5) is 18.6. The largest absolute Gasteiger partial charge is 0.495 e. The average Bonchev–Trinajstić information content (AvgIpc) is 3.42. The summed E-state index contributed by atoms with van der Waals surface area (Å²) in [7, 11) is 3.44. The lowest BCUT2D eigenvalue weighted by Crippen LogP contribution is -2.46. The number of methoxy groups -OCH3 is 1. The first-order chi connectivity index (χ1) is 14.6. The maximum absolute atomic E-state index is 12.0. The Bertz CT molecular complexity index is 736. The molecule has 3 rings (SSSR count). The molecule has 1 amide bonds. The third-order valence-electron chi connectivity index (χ3n) is 5.92. The van der Waals surface area contributed by atoms with Gasteiger partial charge in [-0.25, -0.2) is 0 Å². The van der Waals surface area contributed by atoms with E-state index in [1.807, 2.05) is 18.2 Å². The number of hydrogen-bond acceptors (Lipinski definition) is 4. The van der Waals surface area contributed by atoms with Gasteiger partial charge in [0.05, 0.1) is 12.8 Å². The highest BCUT2D eigenvalue weighted by Gasteiger charge is 2.25. The Morgan fingerprint density at radius 3 is 2.73 bits per heavy atom. The zero-order valence-corrected chi connectivity index (χ0v) is 18.8. The fourth-order valence-corrected chi connectivity index (χ4v) is 4.49. The van der Waals surface area contributed by atoms with E-state index < -0.39 is 0 Å². The van der Waals surface area contributed by atoms with E-state index in [1.54, 1.807) is 14.2 Å². The number of carbonyl (C=O) groups is 1. The summed E-state index contributed by atoms with van der Waals surface area (Å²) in [5.74, 6) is 2.32. The second kappa shape index (κ2) is 11.3. The Hall–Kier alpha value is -2.15. The van der Waals surface area contributed by atoms with E-state index in [0.717, 1.165) is 36.9 Å². The van der Waals surface area contributed by atoms with Crippen LogP contribution in [0.2, 0.25) is 5.02 Å². The lowest BCUT2D eigenvalue weighted by molar-refractivity contribution is -0.121. The summed E-state index contributed by atoms with van der Waals surface area (Å²) < 4.78 is 5.49. The zero-order chi connectivity index (χ0) is 21.3. The molecular formula is C22H34ClN5O2. The lowest BCUT2D eigenvalue weighted by Gasteiger charge is -2.22. The summed E-state index contributed by atoms with van der Waals surface area (Å²) in [5.41, 5.74) is 1.02. The van der Waals surface area contributed by atoms with Crippen molar-refractivity contribution >= 4 is 29.2 Å².